The van der Waals surface area contributed by atoms with Crippen molar-refractivity contribution in [2.75, 3.05) is 26.2 Å². The second kappa shape index (κ2) is 2.96. The molecule has 2 heteroatoms. The number of likely N-dealkylation sites (tertiary alicyclic amines) is 1. The van der Waals surface area contributed by atoms with Crippen LogP contribution in [0.2, 0.25) is 0 Å². The second-order valence-corrected chi connectivity index (χ2v) is 5.81. The highest BCUT2D eigenvalue weighted by atomic mass is 15.3. The van der Waals surface area contributed by atoms with Gasteiger partial charge in [0.05, 0.1) is 0 Å². The molecule has 0 aromatic rings. The van der Waals surface area contributed by atoms with Crippen molar-refractivity contribution < 1.29 is 0 Å². The Balaban J connectivity index is 1.88. The van der Waals surface area contributed by atoms with Crippen LogP contribution in [0.15, 0.2) is 0 Å². The summed E-state index contributed by atoms with van der Waals surface area (Å²) in [4.78, 5) is 2.60. The Morgan fingerprint density at radius 1 is 1.23 bits per heavy atom. The van der Waals surface area contributed by atoms with Crippen molar-refractivity contribution in [1.29, 1.82) is 0 Å². The Morgan fingerprint density at radius 3 is 2.38 bits per heavy atom. The molecular formula is C11H22N2. The van der Waals surface area contributed by atoms with Gasteiger partial charge in [0.2, 0.25) is 0 Å². The van der Waals surface area contributed by atoms with Crippen LogP contribution in [0.5, 0.6) is 0 Å². The van der Waals surface area contributed by atoms with E-state index in [1.165, 1.54) is 39.0 Å². The van der Waals surface area contributed by atoms with E-state index in [9.17, 15) is 0 Å². The molecule has 0 aromatic carbocycles. The first kappa shape index (κ1) is 9.47. The third-order valence-corrected chi connectivity index (χ3v) is 3.56. The van der Waals surface area contributed by atoms with Crippen LogP contribution in [0.1, 0.15) is 33.6 Å². The maximum Gasteiger partial charge on any atom is 0.0125 e. The van der Waals surface area contributed by atoms with Crippen LogP contribution >= 0.6 is 0 Å². The molecule has 2 saturated heterocycles. The molecule has 0 aromatic heterocycles. The molecule has 1 N–H and O–H groups in total. The summed E-state index contributed by atoms with van der Waals surface area (Å²) in [5.41, 5.74) is 1.02. The maximum absolute atomic E-state index is 3.52. The molecule has 2 aliphatic heterocycles. The highest BCUT2D eigenvalue weighted by Crippen LogP contribution is 2.39. The Hall–Kier alpha value is -0.0800. The number of nitrogens with one attached hydrogen (secondary N) is 1. The Bertz CT molecular complexity index is 179. The number of rotatable bonds is 0. The molecule has 0 aliphatic carbocycles. The fourth-order valence-corrected chi connectivity index (χ4v) is 2.54. The van der Waals surface area contributed by atoms with Gasteiger partial charge in [0.1, 0.15) is 0 Å². The van der Waals surface area contributed by atoms with Crippen LogP contribution in [-0.2, 0) is 0 Å². The minimum atomic E-state index is 0.378. The fraction of sp³-hybridized carbons (Fsp3) is 1.00. The van der Waals surface area contributed by atoms with Crippen molar-refractivity contribution >= 4 is 0 Å². The molecule has 0 radical (unpaired) electrons. The van der Waals surface area contributed by atoms with E-state index in [4.69, 9.17) is 0 Å². The lowest BCUT2D eigenvalue weighted by Gasteiger charge is -2.57. The van der Waals surface area contributed by atoms with E-state index >= 15 is 0 Å². The van der Waals surface area contributed by atoms with Gasteiger partial charge in [0, 0.05) is 30.6 Å². The highest BCUT2D eigenvalue weighted by Gasteiger charge is 2.46. The molecule has 2 aliphatic rings. The smallest absolute Gasteiger partial charge is 0.0125 e. The van der Waals surface area contributed by atoms with Gasteiger partial charge >= 0.3 is 0 Å². The van der Waals surface area contributed by atoms with E-state index in [2.05, 4.69) is 31.0 Å². The van der Waals surface area contributed by atoms with Gasteiger partial charge in [-0.25, -0.2) is 0 Å². The average Bonchev–Trinajstić information content (AvgIpc) is 2.00. The van der Waals surface area contributed by atoms with Gasteiger partial charge in [-0.3, -0.25) is 4.90 Å². The van der Waals surface area contributed by atoms with Gasteiger partial charge in [0.15, 0.2) is 0 Å². The van der Waals surface area contributed by atoms with Crippen LogP contribution in [0.4, 0.5) is 0 Å². The molecule has 2 fully saturated rings. The molecule has 0 unspecified atom stereocenters. The standard InChI is InChI=1S/C11H22N2/c1-10(2,3)13-8-11(9-13)5-4-6-12-7-11/h12H,4-9H2,1-3H3. The first-order valence-corrected chi connectivity index (χ1v) is 5.48. The van der Waals surface area contributed by atoms with E-state index in [0.717, 1.165) is 0 Å². The van der Waals surface area contributed by atoms with Gasteiger partial charge < -0.3 is 5.32 Å². The molecular weight excluding hydrogens is 160 g/mol. The summed E-state index contributed by atoms with van der Waals surface area (Å²) < 4.78 is 0. The zero-order valence-corrected chi connectivity index (χ0v) is 9.19. The van der Waals surface area contributed by atoms with Crippen molar-refractivity contribution in [2.45, 2.75) is 39.2 Å². The quantitative estimate of drug-likeness (QED) is 0.610. The summed E-state index contributed by atoms with van der Waals surface area (Å²) in [7, 11) is 0. The zero-order chi connectivity index (χ0) is 9.53. The molecule has 2 nitrogen and oxygen atoms in total. The summed E-state index contributed by atoms with van der Waals surface area (Å²) in [6.07, 6.45) is 2.81. The zero-order valence-electron chi connectivity index (χ0n) is 9.19. The van der Waals surface area contributed by atoms with Crippen molar-refractivity contribution in [3.63, 3.8) is 0 Å². The van der Waals surface area contributed by atoms with Gasteiger partial charge in [0.25, 0.3) is 0 Å². The third-order valence-electron chi connectivity index (χ3n) is 3.56. The summed E-state index contributed by atoms with van der Waals surface area (Å²) in [6.45, 7) is 12.0. The van der Waals surface area contributed by atoms with E-state index < -0.39 is 0 Å². The van der Waals surface area contributed by atoms with Crippen LogP contribution in [0.3, 0.4) is 0 Å². The second-order valence-electron chi connectivity index (χ2n) is 5.81. The van der Waals surface area contributed by atoms with Crippen molar-refractivity contribution in [2.24, 2.45) is 5.41 Å². The van der Waals surface area contributed by atoms with E-state index in [0.29, 0.717) is 11.0 Å². The van der Waals surface area contributed by atoms with Gasteiger partial charge in [-0.1, -0.05) is 0 Å². The molecule has 2 rings (SSSR count). The predicted molar refractivity (Wildman–Crippen MR) is 55.9 cm³/mol. The van der Waals surface area contributed by atoms with Crippen LogP contribution < -0.4 is 5.32 Å². The van der Waals surface area contributed by atoms with Crippen LogP contribution in [0, 0.1) is 5.41 Å². The summed E-state index contributed by atoms with van der Waals surface area (Å²) in [6, 6.07) is 0. The Kier molecular flexibility index (Phi) is 2.16. The molecule has 0 saturated carbocycles. The Labute approximate surface area is 81.7 Å². The summed E-state index contributed by atoms with van der Waals surface area (Å²) in [5, 5.41) is 3.52. The lowest BCUT2D eigenvalue weighted by molar-refractivity contribution is -0.0703. The normalized spacial score (nSPS) is 28.8. The minimum absolute atomic E-state index is 0.378. The first-order valence-electron chi connectivity index (χ1n) is 5.48. The molecule has 0 atom stereocenters. The van der Waals surface area contributed by atoms with Crippen molar-refractivity contribution in [3.05, 3.63) is 0 Å². The average molecular weight is 182 g/mol. The first-order chi connectivity index (χ1) is 6.02. The maximum atomic E-state index is 3.52. The van der Waals surface area contributed by atoms with Crippen LogP contribution in [0.25, 0.3) is 0 Å². The van der Waals surface area contributed by atoms with Crippen LogP contribution in [-0.4, -0.2) is 36.6 Å². The summed E-state index contributed by atoms with van der Waals surface area (Å²) >= 11 is 0. The topological polar surface area (TPSA) is 15.3 Å². The molecule has 1 spiro atoms. The molecule has 0 amide bonds. The van der Waals surface area contributed by atoms with Crippen molar-refractivity contribution in [3.8, 4) is 0 Å². The SMILES string of the molecule is CC(C)(C)N1CC2(CCCNC2)C1. The minimum Gasteiger partial charge on any atom is -0.316 e. The van der Waals surface area contributed by atoms with Gasteiger partial charge in [-0.05, 0) is 40.2 Å². The monoisotopic (exact) mass is 182 g/mol. The molecule has 2 heterocycles. The fourth-order valence-electron chi connectivity index (χ4n) is 2.54. The molecule has 76 valence electrons. The Morgan fingerprint density at radius 2 is 1.92 bits per heavy atom. The lowest BCUT2D eigenvalue weighted by atomic mass is 9.72. The van der Waals surface area contributed by atoms with E-state index in [1.54, 1.807) is 0 Å². The largest absolute Gasteiger partial charge is 0.316 e. The number of nitrogens with zero attached hydrogens (tertiary/aromatic N) is 1. The lowest BCUT2D eigenvalue weighted by Crippen LogP contribution is -2.66. The van der Waals surface area contributed by atoms with Gasteiger partial charge in [-0.15, -0.1) is 0 Å². The van der Waals surface area contributed by atoms with E-state index in [1.807, 2.05) is 0 Å². The molecule has 0 bridgehead atoms. The van der Waals surface area contributed by atoms with E-state index in [-0.39, 0.29) is 0 Å². The predicted octanol–water partition coefficient (Wildman–Crippen LogP) is 1.47. The molecule has 13 heavy (non-hydrogen) atoms. The van der Waals surface area contributed by atoms with Crippen molar-refractivity contribution in [1.82, 2.24) is 10.2 Å². The summed E-state index contributed by atoms with van der Waals surface area (Å²) in [5.74, 6) is 0. The van der Waals surface area contributed by atoms with Gasteiger partial charge in [-0.2, -0.15) is 0 Å². The number of hydrogen-bond donors (Lipinski definition) is 1. The number of piperidine rings is 1. The third kappa shape index (κ3) is 1.75. The highest BCUT2D eigenvalue weighted by molar-refractivity contribution is 5.01. The number of hydrogen-bond acceptors (Lipinski definition) is 2.